The number of rotatable bonds is 4. The van der Waals surface area contributed by atoms with E-state index >= 15 is 0 Å². The van der Waals surface area contributed by atoms with Crippen LogP contribution in [-0.2, 0) is 14.8 Å². The molecule has 8 heteroatoms. The molecule has 0 unspecified atom stereocenters. The fourth-order valence-electron chi connectivity index (χ4n) is 3.02. The number of thiophene rings is 1. The lowest BCUT2D eigenvalue weighted by Crippen LogP contribution is -2.40. The Labute approximate surface area is 161 Å². The Morgan fingerprint density at radius 1 is 1.07 bits per heavy atom. The van der Waals surface area contributed by atoms with Crippen molar-refractivity contribution >= 4 is 43.0 Å². The van der Waals surface area contributed by atoms with Gasteiger partial charge in [-0.2, -0.15) is 4.31 Å². The van der Waals surface area contributed by atoms with Crippen molar-refractivity contribution in [2.45, 2.75) is 4.90 Å². The van der Waals surface area contributed by atoms with E-state index in [-0.39, 0.29) is 10.8 Å². The second-order valence-corrected chi connectivity index (χ2v) is 8.99. The lowest BCUT2D eigenvalue weighted by molar-refractivity contribution is 0.0730. The minimum atomic E-state index is -3.60. The molecule has 140 valence electrons. The number of morpholine rings is 1. The van der Waals surface area contributed by atoms with Gasteiger partial charge >= 0.3 is 0 Å². The van der Waals surface area contributed by atoms with Crippen LogP contribution in [-0.4, -0.2) is 44.9 Å². The summed E-state index contributed by atoms with van der Waals surface area (Å²) in [7, 11) is -3.60. The van der Waals surface area contributed by atoms with Crippen LogP contribution in [0.15, 0.2) is 58.8 Å². The summed E-state index contributed by atoms with van der Waals surface area (Å²) >= 11 is 1.50. The average Bonchev–Trinajstić information content (AvgIpc) is 3.13. The van der Waals surface area contributed by atoms with Gasteiger partial charge in [-0.3, -0.25) is 4.79 Å². The van der Waals surface area contributed by atoms with Gasteiger partial charge in [0.05, 0.1) is 23.7 Å². The van der Waals surface area contributed by atoms with Crippen molar-refractivity contribution < 1.29 is 17.9 Å². The minimum Gasteiger partial charge on any atom is -0.379 e. The topological polar surface area (TPSA) is 75.7 Å². The van der Waals surface area contributed by atoms with Crippen LogP contribution in [0.5, 0.6) is 0 Å². The molecule has 1 fully saturated rings. The van der Waals surface area contributed by atoms with Crippen molar-refractivity contribution in [1.29, 1.82) is 0 Å². The van der Waals surface area contributed by atoms with Crippen molar-refractivity contribution in [2.24, 2.45) is 0 Å². The molecule has 27 heavy (non-hydrogen) atoms. The Kier molecular flexibility index (Phi) is 4.96. The van der Waals surface area contributed by atoms with Gasteiger partial charge in [0, 0.05) is 34.2 Å². The van der Waals surface area contributed by atoms with Crippen LogP contribution in [0.2, 0.25) is 0 Å². The number of carbonyl (C=O) groups excluding carboxylic acids is 1. The number of carbonyl (C=O) groups is 1. The van der Waals surface area contributed by atoms with E-state index in [2.05, 4.69) is 5.32 Å². The second kappa shape index (κ2) is 7.40. The number of benzene rings is 2. The van der Waals surface area contributed by atoms with Crippen molar-refractivity contribution in [3.63, 3.8) is 0 Å². The predicted molar refractivity (Wildman–Crippen MR) is 106 cm³/mol. The molecule has 0 saturated carbocycles. The van der Waals surface area contributed by atoms with Crippen molar-refractivity contribution in [3.05, 3.63) is 59.5 Å². The Hall–Kier alpha value is -2.26. The predicted octanol–water partition coefficient (Wildman–Crippen LogP) is 3.17. The van der Waals surface area contributed by atoms with Crippen LogP contribution in [0, 0.1) is 0 Å². The van der Waals surface area contributed by atoms with Crippen molar-refractivity contribution in [3.8, 4) is 0 Å². The summed E-state index contributed by atoms with van der Waals surface area (Å²) < 4.78 is 33.2. The van der Waals surface area contributed by atoms with E-state index < -0.39 is 10.0 Å². The Bertz CT molecular complexity index is 1090. The largest absolute Gasteiger partial charge is 0.379 e. The monoisotopic (exact) mass is 402 g/mol. The molecule has 4 rings (SSSR count). The molecule has 0 atom stereocenters. The Balaban J connectivity index is 1.58. The molecule has 1 amide bonds. The number of nitrogens with one attached hydrogen (secondary N) is 1. The molecule has 0 bridgehead atoms. The normalized spacial score (nSPS) is 15.7. The highest BCUT2D eigenvalue weighted by Gasteiger charge is 2.26. The lowest BCUT2D eigenvalue weighted by atomic mass is 10.1. The fourth-order valence-corrected chi connectivity index (χ4v) is 5.42. The van der Waals surface area contributed by atoms with E-state index in [1.807, 2.05) is 29.6 Å². The van der Waals surface area contributed by atoms with Crippen LogP contribution < -0.4 is 5.32 Å². The van der Waals surface area contributed by atoms with E-state index in [0.29, 0.717) is 37.6 Å². The smallest absolute Gasteiger partial charge is 0.257 e. The first kappa shape index (κ1) is 18.1. The van der Waals surface area contributed by atoms with Gasteiger partial charge in [-0.05, 0) is 24.3 Å². The molecule has 6 nitrogen and oxygen atoms in total. The van der Waals surface area contributed by atoms with Crippen LogP contribution in [0.25, 0.3) is 10.1 Å². The molecule has 1 aliphatic heterocycles. The molecule has 2 heterocycles. The van der Waals surface area contributed by atoms with Gasteiger partial charge in [-0.1, -0.05) is 24.3 Å². The minimum absolute atomic E-state index is 0.164. The van der Waals surface area contributed by atoms with Gasteiger partial charge in [0.15, 0.2) is 0 Å². The Morgan fingerprint density at radius 2 is 1.85 bits per heavy atom. The molecule has 1 N–H and O–H groups in total. The Morgan fingerprint density at radius 3 is 2.67 bits per heavy atom. The van der Waals surface area contributed by atoms with Crippen molar-refractivity contribution in [2.75, 3.05) is 31.6 Å². The summed E-state index contributed by atoms with van der Waals surface area (Å²) in [6.45, 7) is 1.45. The van der Waals surface area contributed by atoms with Gasteiger partial charge in [0.25, 0.3) is 5.91 Å². The van der Waals surface area contributed by atoms with E-state index in [1.54, 1.807) is 18.2 Å². The maximum atomic E-state index is 12.8. The molecular weight excluding hydrogens is 384 g/mol. The number of fused-ring (bicyclic) bond motifs is 1. The number of amides is 1. The zero-order valence-electron chi connectivity index (χ0n) is 14.4. The fraction of sp³-hybridized carbons (Fsp3) is 0.211. The van der Waals surface area contributed by atoms with Crippen LogP contribution in [0.3, 0.4) is 0 Å². The third kappa shape index (κ3) is 3.61. The maximum absolute atomic E-state index is 12.8. The van der Waals surface area contributed by atoms with Gasteiger partial charge in [-0.25, -0.2) is 8.42 Å². The average molecular weight is 402 g/mol. The molecular formula is C19H18N2O4S2. The summed E-state index contributed by atoms with van der Waals surface area (Å²) in [5.74, 6) is -0.256. The molecule has 0 spiro atoms. The zero-order chi connectivity index (χ0) is 18.9. The molecule has 2 aromatic carbocycles. The van der Waals surface area contributed by atoms with E-state index in [9.17, 15) is 13.2 Å². The number of ether oxygens (including phenoxy) is 1. The van der Waals surface area contributed by atoms with E-state index in [1.165, 1.54) is 21.7 Å². The van der Waals surface area contributed by atoms with Gasteiger partial charge in [-0.15, -0.1) is 11.3 Å². The van der Waals surface area contributed by atoms with E-state index in [0.717, 1.165) is 10.1 Å². The molecule has 1 saturated heterocycles. The SMILES string of the molecule is O=C(Nc1cccc(S(=O)(=O)N2CCOCC2)c1)c1csc2ccccc12. The first-order chi connectivity index (χ1) is 13.1. The highest BCUT2D eigenvalue weighted by atomic mass is 32.2. The highest BCUT2D eigenvalue weighted by molar-refractivity contribution is 7.89. The van der Waals surface area contributed by atoms with Gasteiger partial charge in [0.1, 0.15) is 0 Å². The van der Waals surface area contributed by atoms with E-state index in [4.69, 9.17) is 4.74 Å². The number of nitrogens with zero attached hydrogens (tertiary/aromatic N) is 1. The third-order valence-electron chi connectivity index (χ3n) is 4.43. The number of hydrogen-bond acceptors (Lipinski definition) is 5. The second-order valence-electron chi connectivity index (χ2n) is 6.14. The number of anilines is 1. The molecule has 3 aromatic rings. The molecule has 0 radical (unpaired) electrons. The summed E-state index contributed by atoms with van der Waals surface area (Å²) in [5, 5.41) is 5.51. The summed E-state index contributed by atoms with van der Waals surface area (Å²) in [4.78, 5) is 12.8. The standard InChI is InChI=1S/C19H18N2O4S2/c22-19(17-13-26-18-7-2-1-6-16(17)18)20-14-4-3-5-15(12-14)27(23,24)21-8-10-25-11-9-21/h1-7,12-13H,8-11H2,(H,20,22). The summed E-state index contributed by atoms with van der Waals surface area (Å²) in [6, 6.07) is 14.0. The highest BCUT2D eigenvalue weighted by Crippen LogP contribution is 2.27. The lowest BCUT2D eigenvalue weighted by Gasteiger charge is -2.26. The number of sulfonamides is 1. The van der Waals surface area contributed by atoms with Gasteiger partial charge < -0.3 is 10.1 Å². The third-order valence-corrected chi connectivity index (χ3v) is 7.28. The van der Waals surface area contributed by atoms with Crippen LogP contribution >= 0.6 is 11.3 Å². The van der Waals surface area contributed by atoms with Crippen LogP contribution in [0.1, 0.15) is 10.4 Å². The summed E-state index contributed by atoms with van der Waals surface area (Å²) in [6.07, 6.45) is 0. The van der Waals surface area contributed by atoms with Crippen LogP contribution in [0.4, 0.5) is 5.69 Å². The molecule has 1 aliphatic rings. The molecule has 0 aliphatic carbocycles. The van der Waals surface area contributed by atoms with Gasteiger partial charge in [0.2, 0.25) is 10.0 Å². The first-order valence-electron chi connectivity index (χ1n) is 8.51. The first-order valence-corrected chi connectivity index (χ1v) is 10.8. The molecule has 1 aromatic heterocycles. The quantitative estimate of drug-likeness (QED) is 0.727. The summed E-state index contributed by atoms with van der Waals surface area (Å²) in [5.41, 5.74) is 1.03. The maximum Gasteiger partial charge on any atom is 0.257 e. The zero-order valence-corrected chi connectivity index (χ0v) is 16.1. The number of hydrogen-bond donors (Lipinski definition) is 1. The van der Waals surface area contributed by atoms with Crippen molar-refractivity contribution in [1.82, 2.24) is 4.31 Å².